The molecule has 3 fully saturated rings. The highest BCUT2D eigenvalue weighted by Crippen LogP contribution is 2.70. The van der Waals surface area contributed by atoms with Crippen LogP contribution >= 0.6 is 23.5 Å². The summed E-state index contributed by atoms with van der Waals surface area (Å²) in [6, 6.07) is 4.04. The van der Waals surface area contributed by atoms with Gasteiger partial charge in [0, 0.05) is 11.5 Å². The monoisotopic (exact) mass is 562 g/mol. The van der Waals surface area contributed by atoms with Crippen LogP contribution in [0, 0.1) is 11.3 Å². The van der Waals surface area contributed by atoms with E-state index in [4.69, 9.17) is 13.9 Å². The maximum atomic E-state index is 14.7. The largest absolute Gasteiger partial charge is 0.507 e. The average Bonchev–Trinajstić information content (AvgIpc) is 3.10. The standard InChI is InChI=1S/C29H42O5S2Si/c1-27(2,3)37(6,7)34-26-22-21(25(31)28(26)14-9-8-10-15-28)23(30)20-18(29(22)35-16-11-17-36-29)12-13-19(32-4)24(20)33-5/h12-13,22,26,30H,8-11,14-17H2,1-7H3/t22-,26+/m1/s1. The van der Waals surface area contributed by atoms with Crippen molar-refractivity contribution >= 4 is 43.4 Å². The molecule has 2 atom stereocenters. The number of aliphatic hydroxyl groups is 1. The predicted molar refractivity (Wildman–Crippen MR) is 156 cm³/mol. The van der Waals surface area contributed by atoms with Crippen LogP contribution in [0.4, 0.5) is 0 Å². The number of hydrogen-bond donors (Lipinski definition) is 1. The van der Waals surface area contributed by atoms with E-state index in [1.54, 1.807) is 14.2 Å². The average molecular weight is 563 g/mol. The second-order valence-corrected chi connectivity index (χ2v) is 20.2. The molecule has 1 aromatic carbocycles. The molecule has 0 amide bonds. The quantitative estimate of drug-likeness (QED) is 0.380. The van der Waals surface area contributed by atoms with Crippen molar-refractivity contribution in [3.05, 3.63) is 28.8 Å². The topological polar surface area (TPSA) is 65.0 Å². The number of methoxy groups -OCH3 is 2. The first-order chi connectivity index (χ1) is 17.4. The van der Waals surface area contributed by atoms with Gasteiger partial charge in [0.1, 0.15) is 5.76 Å². The molecule has 0 radical (unpaired) electrons. The fourth-order valence-corrected chi connectivity index (χ4v) is 11.7. The van der Waals surface area contributed by atoms with Crippen LogP contribution in [0.2, 0.25) is 18.1 Å². The Hall–Kier alpha value is -1.09. The molecule has 0 unspecified atom stereocenters. The molecule has 5 nitrogen and oxygen atoms in total. The van der Waals surface area contributed by atoms with Gasteiger partial charge in [-0.1, -0.05) is 46.1 Å². The van der Waals surface area contributed by atoms with Crippen molar-refractivity contribution in [1.29, 1.82) is 0 Å². The highest BCUT2D eigenvalue weighted by molar-refractivity contribution is 8.18. The van der Waals surface area contributed by atoms with Gasteiger partial charge in [-0.05, 0) is 60.5 Å². The molecule has 2 spiro atoms. The van der Waals surface area contributed by atoms with Gasteiger partial charge in [0.25, 0.3) is 0 Å². The lowest BCUT2D eigenvalue weighted by molar-refractivity contribution is -0.129. The number of hydrogen-bond acceptors (Lipinski definition) is 7. The minimum absolute atomic E-state index is 0.0175. The zero-order valence-corrected chi connectivity index (χ0v) is 26.0. The summed E-state index contributed by atoms with van der Waals surface area (Å²) in [5, 5.41) is 12.0. The molecule has 8 heteroatoms. The Morgan fingerprint density at radius 1 is 1.00 bits per heavy atom. The number of aliphatic hydroxyl groups excluding tert-OH is 1. The zero-order valence-electron chi connectivity index (χ0n) is 23.4. The van der Waals surface area contributed by atoms with E-state index in [1.165, 1.54) is 0 Å². The van der Waals surface area contributed by atoms with Crippen LogP contribution in [-0.4, -0.2) is 51.0 Å². The summed E-state index contributed by atoms with van der Waals surface area (Å²) in [5.41, 5.74) is 1.66. The first-order valence-corrected chi connectivity index (χ1v) is 18.5. The normalized spacial score (nSPS) is 26.8. The van der Waals surface area contributed by atoms with Gasteiger partial charge in [-0.15, -0.1) is 23.5 Å². The Labute approximate surface area is 231 Å². The van der Waals surface area contributed by atoms with E-state index >= 15 is 0 Å². The third kappa shape index (κ3) is 3.94. The number of ether oxygens (including phenoxy) is 2. The van der Waals surface area contributed by atoms with Gasteiger partial charge >= 0.3 is 0 Å². The van der Waals surface area contributed by atoms with Crippen LogP contribution in [0.3, 0.4) is 0 Å². The van der Waals surface area contributed by atoms with Crippen LogP contribution in [0.1, 0.15) is 70.4 Å². The van der Waals surface area contributed by atoms with Crippen LogP contribution in [0.25, 0.3) is 5.76 Å². The molecule has 0 bridgehead atoms. The van der Waals surface area contributed by atoms with E-state index in [-0.39, 0.29) is 28.6 Å². The summed E-state index contributed by atoms with van der Waals surface area (Å²) in [4.78, 5) is 14.7. The zero-order chi connectivity index (χ0) is 26.8. The number of ketones is 1. The Bertz CT molecular complexity index is 1110. The molecule has 1 aliphatic heterocycles. The van der Waals surface area contributed by atoms with Gasteiger partial charge in [-0.2, -0.15) is 0 Å². The minimum Gasteiger partial charge on any atom is -0.507 e. The van der Waals surface area contributed by atoms with Crippen molar-refractivity contribution < 1.29 is 23.8 Å². The Morgan fingerprint density at radius 2 is 1.65 bits per heavy atom. The maximum absolute atomic E-state index is 14.7. The Kier molecular flexibility index (Phi) is 7.07. The van der Waals surface area contributed by atoms with Crippen molar-refractivity contribution in [1.82, 2.24) is 0 Å². The first-order valence-electron chi connectivity index (χ1n) is 13.6. The number of carbonyl (C=O) groups excluding carboxylic acids is 1. The molecule has 3 aliphatic carbocycles. The van der Waals surface area contributed by atoms with E-state index < -0.39 is 17.8 Å². The molecule has 1 aromatic rings. The van der Waals surface area contributed by atoms with E-state index in [0.29, 0.717) is 22.6 Å². The van der Waals surface area contributed by atoms with Crippen LogP contribution in [0.5, 0.6) is 11.5 Å². The molecular formula is C29H42O5S2Si. The molecule has 2 saturated carbocycles. The summed E-state index contributed by atoms with van der Waals surface area (Å²) >= 11 is 3.86. The fourth-order valence-electron chi connectivity index (χ4n) is 6.66. The number of fused-ring (bicyclic) bond motifs is 4. The maximum Gasteiger partial charge on any atom is 0.192 e. The van der Waals surface area contributed by atoms with Gasteiger partial charge in [-0.25, -0.2) is 0 Å². The van der Waals surface area contributed by atoms with Crippen molar-refractivity contribution in [3.8, 4) is 11.5 Å². The second-order valence-electron chi connectivity index (χ2n) is 12.5. The molecule has 1 heterocycles. The smallest absolute Gasteiger partial charge is 0.192 e. The third-order valence-electron chi connectivity index (χ3n) is 9.57. The molecule has 4 aliphatic rings. The molecule has 5 rings (SSSR count). The van der Waals surface area contributed by atoms with Gasteiger partial charge in [-0.3, -0.25) is 4.79 Å². The first kappa shape index (κ1) is 27.5. The number of carbonyl (C=O) groups is 1. The summed E-state index contributed by atoms with van der Waals surface area (Å²) in [7, 11) is 0.990. The van der Waals surface area contributed by atoms with Crippen molar-refractivity contribution in [2.75, 3.05) is 25.7 Å². The Morgan fingerprint density at radius 3 is 2.22 bits per heavy atom. The van der Waals surface area contributed by atoms with E-state index in [2.05, 4.69) is 39.9 Å². The summed E-state index contributed by atoms with van der Waals surface area (Å²) < 4.78 is 18.4. The summed E-state index contributed by atoms with van der Waals surface area (Å²) in [5.74, 6) is 3.09. The van der Waals surface area contributed by atoms with Crippen molar-refractivity contribution in [2.45, 2.75) is 87.6 Å². The molecule has 0 aromatic heterocycles. The molecule has 1 N–H and O–H groups in total. The van der Waals surface area contributed by atoms with Crippen molar-refractivity contribution in [3.63, 3.8) is 0 Å². The highest BCUT2D eigenvalue weighted by Gasteiger charge is 2.68. The van der Waals surface area contributed by atoms with E-state index in [1.807, 2.05) is 29.6 Å². The lowest BCUT2D eigenvalue weighted by Gasteiger charge is -2.51. The lowest BCUT2D eigenvalue weighted by Crippen LogP contribution is -2.53. The number of Topliss-reactive ketones (excluding diaryl/α,β-unsaturated/α-hetero) is 1. The number of rotatable bonds is 4. The highest BCUT2D eigenvalue weighted by atomic mass is 32.2. The van der Waals surface area contributed by atoms with Gasteiger partial charge < -0.3 is 19.0 Å². The van der Waals surface area contributed by atoms with Crippen molar-refractivity contribution in [2.24, 2.45) is 11.3 Å². The van der Waals surface area contributed by atoms with E-state index in [9.17, 15) is 9.90 Å². The van der Waals surface area contributed by atoms with Gasteiger partial charge in [0.2, 0.25) is 0 Å². The summed E-state index contributed by atoms with van der Waals surface area (Å²) in [6.07, 6.45) is 5.77. The summed E-state index contributed by atoms with van der Waals surface area (Å²) in [6.45, 7) is 11.4. The SMILES string of the molecule is COc1ccc2c(c1OC)C(O)=C1C(=O)C3(CCCCC3)[C@@H](O[Si](C)(C)C(C)(C)C)[C@@H]1C21SCCCS1. The van der Waals surface area contributed by atoms with Gasteiger partial charge in [0.15, 0.2) is 25.6 Å². The van der Waals surface area contributed by atoms with Gasteiger partial charge in [0.05, 0.1) is 35.4 Å². The fraction of sp³-hybridized carbons (Fsp3) is 0.690. The van der Waals surface area contributed by atoms with Crippen LogP contribution in [0.15, 0.2) is 17.7 Å². The Balaban J connectivity index is 1.80. The van der Waals surface area contributed by atoms with Crippen LogP contribution < -0.4 is 9.47 Å². The second kappa shape index (κ2) is 9.53. The van der Waals surface area contributed by atoms with Crippen LogP contribution in [-0.2, 0) is 13.3 Å². The van der Waals surface area contributed by atoms with E-state index in [0.717, 1.165) is 55.6 Å². The molecular weight excluding hydrogens is 521 g/mol. The lowest BCUT2D eigenvalue weighted by atomic mass is 9.70. The molecule has 37 heavy (non-hydrogen) atoms. The number of benzene rings is 1. The third-order valence-corrected chi connectivity index (χ3v) is 17.5. The molecule has 1 saturated heterocycles. The number of thioether (sulfide) groups is 2. The minimum atomic E-state index is -2.23. The predicted octanol–water partition coefficient (Wildman–Crippen LogP) is 7.55. The molecule has 204 valence electrons.